The molecule has 1 heterocycles. The lowest BCUT2D eigenvalue weighted by atomic mass is 10.2. The van der Waals surface area contributed by atoms with E-state index in [1.807, 2.05) is 24.3 Å². The maximum atomic E-state index is 14.0. The van der Waals surface area contributed by atoms with E-state index >= 15 is 0 Å². The zero-order chi connectivity index (χ0) is 15.0. The summed E-state index contributed by atoms with van der Waals surface area (Å²) in [6.07, 6.45) is 1.73. The Balaban J connectivity index is 2.16. The molecule has 5 heteroatoms. The molecule has 0 saturated carbocycles. The third-order valence-corrected chi connectivity index (χ3v) is 3.38. The Bertz CT molecular complexity index is 839. The van der Waals surface area contributed by atoms with E-state index in [1.165, 1.54) is 19.2 Å². The molecule has 3 rings (SSSR count). The Morgan fingerprint density at radius 2 is 2.00 bits per heavy atom. The third kappa shape index (κ3) is 2.12. The van der Waals surface area contributed by atoms with E-state index in [-0.39, 0.29) is 5.56 Å². The van der Waals surface area contributed by atoms with Gasteiger partial charge in [-0.3, -0.25) is 0 Å². The number of anilines is 1. The summed E-state index contributed by atoms with van der Waals surface area (Å²) in [5, 5.41) is 0.898. The number of hydrogen-bond donors (Lipinski definition) is 1. The molecule has 21 heavy (non-hydrogen) atoms. The number of aromatic nitrogens is 1. The fourth-order valence-corrected chi connectivity index (χ4v) is 2.35. The zero-order valence-corrected chi connectivity index (χ0v) is 11.3. The van der Waals surface area contributed by atoms with Gasteiger partial charge in [-0.1, -0.05) is 18.2 Å². The van der Waals surface area contributed by atoms with E-state index in [0.717, 1.165) is 10.9 Å². The van der Waals surface area contributed by atoms with Gasteiger partial charge >= 0.3 is 5.97 Å². The average molecular weight is 284 g/mol. The van der Waals surface area contributed by atoms with Crippen molar-refractivity contribution in [3.8, 4) is 5.69 Å². The zero-order valence-electron chi connectivity index (χ0n) is 11.3. The highest BCUT2D eigenvalue weighted by Crippen LogP contribution is 2.27. The minimum absolute atomic E-state index is 0.0920. The van der Waals surface area contributed by atoms with Gasteiger partial charge in [0.2, 0.25) is 0 Å². The lowest BCUT2D eigenvalue weighted by molar-refractivity contribution is 0.0595. The summed E-state index contributed by atoms with van der Waals surface area (Å²) in [4.78, 5) is 11.4. The molecule has 0 amide bonds. The van der Waals surface area contributed by atoms with Crippen molar-refractivity contribution in [3.63, 3.8) is 0 Å². The maximum absolute atomic E-state index is 14.0. The van der Waals surface area contributed by atoms with Crippen LogP contribution in [0.15, 0.2) is 48.7 Å². The molecule has 0 aliphatic heterocycles. The molecule has 0 spiro atoms. The minimum atomic E-state index is -0.698. The molecule has 0 saturated heterocycles. The van der Waals surface area contributed by atoms with Crippen LogP contribution in [0.1, 0.15) is 10.4 Å². The molecule has 2 aromatic carbocycles. The van der Waals surface area contributed by atoms with Crippen LogP contribution in [0.5, 0.6) is 0 Å². The van der Waals surface area contributed by atoms with Crippen molar-refractivity contribution >= 4 is 22.6 Å². The molecule has 0 unspecified atom stereocenters. The molecule has 0 radical (unpaired) electrons. The molecule has 2 N–H and O–H groups in total. The van der Waals surface area contributed by atoms with Gasteiger partial charge in [-0.15, -0.1) is 0 Å². The molecular formula is C16H13FN2O2. The largest absolute Gasteiger partial charge is 0.465 e. The van der Waals surface area contributed by atoms with E-state index in [0.29, 0.717) is 11.4 Å². The summed E-state index contributed by atoms with van der Waals surface area (Å²) in [6, 6.07) is 11.9. The predicted molar refractivity (Wildman–Crippen MR) is 79.0 cm³/mol. The van der Waals surface area contributed by atoms with E-state index in [4.69, 9.17) is 5.73 Å². The molecule has 3 aromatic rings. The Morgan fingerprint density at radius 1 is 1.24 bits per heavy atom. The van der Waals surface area contributed by atoms with Crippen LogP contribution in [0, 0.1) is 5.82 Å². The Hall–Kier alpha value is -2.82. The SMILES string of the molecule is COC(=O)c1ccc(-n2cc(N)c3ccccc32)cc1F. The van der Waals surface area contributed by atoms with Gasteiger partial charge in [0.15, 0.2) is 0 Å². The second-order valence-corrected chi connectivity index (χ2v) is 4.63. The Labute approximate surface area is 120 Å². The van der Waals surface area contributed by atoms with E-state index < -0.39 is 11.8 Å². The molecule has 0 aliphatic rings. The predicted octanol–water partition coefficient (Wildman–Crippen LogP) is 3.14. The number of benzene rings is 2. The standard InChI is InChI=1S/C16H13FN2O2/c1-21-16(20)11-7-6-10(8-13(11)17)19-9-14(18)12-4-2-3-5-15(12)19/h2-9H,18H2,1H3. The van der Waals surface area contributed by atoms with E-state index in [1.54, 1.807) is 16.8 Å². The first kappa shape index (κ1) is 13.2. The second kappa shape index (κ2) is 4.94. The van der Waals surface area contributed by atoms with Gasteiger partial charge in [0.05, 0.1) is 23.9 Å². The van der Waals surface area contributed by atoms with Gasteiger partial charge in [-0.05, 0) is 24.3 Å². The first-order valence-electron chi connectivity index (χ1n) is 6.35. The normalized spacial score (nSPS) is 10.8. The van der Waals surface area contributed by atoms with E-state index in [9.17, 15) is 9.18 Å². The fraction of sp³-hybridized carbons (Fsp3) is 0.0625. The molecule has 0 atom stereocenters. The van der Waals surface area contributed by atoms with Crippen LogP contribution < -0.4 is 5.73 Å². The first-order chi connectivity index (χ1) is 10.1. The summed E-state index contributed by atoms with van der Waals surface area (Å²) >= 11 is 0. The molecule has 0 bridgehead atoms. The number of ether oxygens (including phenoxy) is 1. The number of para-hydroxylation sites is 1. The quantitative estimate of drug-likeness (QED) is 0.735. The smallest absolute Gasteiger partial charge is 0.340 e. The summed E-state index contributed by atoms with van der Waals surface area (Å²) in [7, 11) is 1.22. The number of carbonyl (C=O) groups is 1. The van der Waals surface area contributed by atoms with E-state index in [2.05, 4.69) is 4.74 Å². The van der Waals surface area contributed by atoms with Gasteiger partial charge in [0.1, 0.15) is 5.82 Å². The molecule has 4 nitrogen and oxygen atoms in total. The summed E-state index contributed by atoms with van der Waals surface area (Å²) in [5.41, 5.74) is 7.95. The van der Waals surface area contributed by atoms with Crippen molar-refractivity contribution in [1.29, 1.82) is 0 Å². The van der Waals surface area contributed by atoms with Crippen LogP contribution in [0.2, 0.25) is 0 Å². The molecule has 106 valence electrons. The van der Waals surface area contributed by atoms with Crippen LogP contribution >= 0.6 is 0 Å². The van der Waals surface area contributed by atoms with Crippen molar-refractivity contribution in [1.82, 2.24) is 4.57 Å². The number of carbonyl (C=O) groups excluding carboxylic acids is 1. The van der Waals surface area contributed by atoms with Crippen LogP contribution in [-0.4, -0.2) is 17.6 Å². The molecule has 0 aliphatic carbocycles. The average Bonchev–Trinajstić information content (AvgIpc) is 2.84. The number of esters is 1. The Kier molecular flexibility index (Phi) is 3.10. The number of methoxy groups -OCH3 is 1. The highest BCUT2D eigenvalue weighted by atomic mass is 19.1. The van der Waals surface area contributed by atoms with Gasteiger partial charge < -0.3 is 15.0 Å². The summed E-state index contributed by atoms with van der Waals surface area (Å²) in [6.45, 7) is 0. The third-order valence-electron chi connectivity index (χ3n) is 3.38. The number of nitrogens with two attached hydrogens (primary N) is 1. The van der Waals surface area contributed by atoms with Crippen LogP contribution in [0.4, 0.5) is 10.1 Å². The second-order valence-electron chi connectivity index (χ2n) is 4.63. The first-order valence-corrected chi connectivity index (χ1v) is 6.35. The van der Waals surface area contributed by atoms with Gasteiger partial charge in [0.25, 0.3) is 0 Å². The summed E-state index contributed by atoms with van der Waals surface area (Å²) in [5.74, 6) is -1.33. The monoisotopic (exact) mass is 284 g/mol. The van der Waals surface area contributed by atoms with Crippen molar-refractivity contribution in [2.45, 2.75) is 0 Å². The fourth-order valence-electron chi connectivity index (χ4n) is 2.35. The number of halogens is 1. The van der Waals surface area contributed by atoms with Gasteiger partial charge in [-0.2, -0.15) is 0 Å². The Morgan fingerprint density at radius 3 is 2.71 bits per heavy atom. The van der Waals surface area contributed by atoms with Crippen molar-refractivity contribution in [2.75, 3.05) is 12.8 Å². The molecule has 1 aromatic heterocycles. The molecule has 0 fully saturated rings. The summed E-state index contributed by atoms with van der Waals surface area (Å²) < 4.78 is 20.4. The maximum Gasteiger partial charge on any atom is 0.340 e. The minimum Gasteiger partial charge on any atom is -0.465 e. The lowest BCUT2D eigenvalue weighted by Gasteiger charge is -2.07. The van der Waals surface area contributed by atoms with Crippen LogP contribution in [0.3, 0.4) is 0 Å². The van der Waals surface area contributed by atoms with Crippen molar-refractivity contribution in [3.05, 3.63) is 60.0 Å². The van der Waals surface area contributed by atoms with Gasteiger partial charge in [-0.25, -0.2) is 9.18 Å². The highest BCUT2D eigenvalue weighted by molar-refractivity contribution is 5.93. The van der Waals surface area contributed by atoms with Crippen LogP contribution in [-0.2, 0) is 4.74 Å². The van der Waals surface area contributed by atoms with Gasteiger partial charge in [0, 0.05) is 17.3 Å². The highest BCUT2D eigenvalue weighted by Gasteiger charge is 2.14. The number of hydrogen-bond acceptors (Lipinski definition) is 3. The molecular weight excluding hydrogens is 271 g/mol. The van der Waals surface area contributed by atoms with Crippen molar-refractivity contribution in [2.24, 2.45) is 0 Å². The number of nitrogens with zero attached hydrogens (tertiary/aromatic N) is 1. The van der Waals surface area contributed by atoms with Crippen LogP contribution in [0.25, 0.3) is 16.6 Å². The number of nitrogen functional groups attached to an aromatic ring is 1. The lowest BCUT2D eigenvalue weighted by Crippen LogP contribution is -2.05. The topological polar surface area (TPSA) is 57.2 Å². The number of rotatable bonds is 2. The number of fused-ring (bicyclic) bond motifs is 1. The van der Waals surface area contributed by atoms with Crippen molar-refractivity contribution < 1.29 is 13.9 Å².